The van der Waals surface area contributed by atoms with Gasteiger partial charge in [0, 0.05) is 42.9 Å². The molecule has 0 bridgehead atoms. The van der Waals surface area contributed by atoms with Gasteiger partial charge in [-0.05, 0) is 37.5 Å². The van der Waals surface area contributed by atoms with Crippen molar-refractivity contribution in [3.8, 4) is 11.3 Å². The van der Waals surface area contributed by atoms with E-state index in [1.54, 1.807) is 6.20 Å². The van der Waals surface area contributed by atoms with E-state index in [0.717, 1.165) is 42.8 Å². The van der Waals surface area contributed by atoms with Gasteiger partial charge in [-0.2, -0.15) is 0 Å². The van der Waals surface area contributed by atoms with Crippen molar-refractivity contribution in [1.82, 2.24) is 14.4 Å². The lowest BCUT2D eigenvalue weighted by atomic mass is 10.1. The number of rotatable bonds is 5. The lowest BCUT2D eigenvalue weighted by molar-refractivity contribution is -0.116. The molecule has 1 aliphatic rings. The zero-order valence-corrected chi connectivity index (χ0v) is 13.9. The van der Waals surface area contributed by atoms with E-state index in [1.165, 1.54) is 0 Å². The van der Waals surface area contributed by atoms with Gasteiger partial charge in [0.05, 0.1) is 11.8 Å². The molecule has 0 spiro atoms. The van der Waals surface area contributed by atoms with Crippen LogP contribution in [0.3, 0.4) is 0 Å². The van der Waals surface area contributed by atoms with Crippen LogP contribution < -0.4 is 5.32 Å². The highest BCUT2D eigenvalue weighted by Gasteiger charge is 2.16. The van der Waals surface area contributed by atoms with Crippen LogP contribution in [0.4, 0.5) is 5.69 Å². The van der Waals surface area contributed by atoms with Crippen molar-refractivity contribution in [1.29, 1.82) is 0 Å². The Labute approximate surface area is 145 Å². The first-order valence-electron chi connectivity index (χ1n) is 8.59. The molecule has 1 aromatic carbocycles. The van der Waals surface area contributed by atoms with E-state index in [4.69, 9.17) is 4.74 Å². The molecule has 0 saturated carbocycles. The van der Waals surface area contributed by atoms with Crippen molar-refractivity contribution in [3.05, 3.63) is 48.9 Å². The molecule has 0 aliphatic carbocycles. The van der Waals surface area contributed by atoms with Crippen LogP contribution in [0, 0.1) is 0 Å². The Morgan fingerprint density at radius 2 is 2.20 bits per heavy atom. The van der Waals surface area contributed by atoms with Crippen molar-refractivity contribution in [3.63, 3.8) is 0 Å². The largest absolute Gasteiger partial charge is 0.378 e. The molecule has 6 heteroatoms. The van der Waals surface area contributed by atoms with E-state index in [-0.39, 0.29) is 12.0 Å². The van der Waals surface area contributed by atoms with E-state index in [0.29, 0.717) is 12.2 Å². The first-order chi connectivity index (χ1) is 12.3. The number of ether oxygens (including phenoxy) is 1. The quantitative estimate of drug-likeness (QED) is 0.776. The number of benzene rings is 1. The minimum Gasteiger partial charge on any atom is -0.378 e. The highest BCUT2D eigenvalue weighted by molar-refractivity contribution is 5.90. The van der Waals surface area contributed by atoms with Crippen molar-refractivity contribution in [2.75, 3.05) is 11.9 Å². The summed E-state index contributed by atoms with van der Waals surface area (Å²) in [6.45, 7) is 0.826. The normalized spacial score (nSPS) is 17.0. The maximum Gasteiger partial charge on any atom is 0.234 e. The molecule has 0 unspecified atom stereocenters. The van der Waals surface area contributed by atoms with Gasteiger partial charge >= 0.3 is 0 Å². The zero-order valence-electron chi connectivity index (χ0n) is 13.9. The maximum absolute atomic E-state index is 12.1. The number of amides is 1. The van der Waals surface area contributed by atoms with Crippen LogP contribution in [-0.4, -0.2) is 33.0 Å². The second kappa shape index (κ2) is 7.03. The molecule has 128 valence electrons. The standard InChI is InChI=1S/C19H20N4O2/c24-18(9-8-16-3-1-12-25-16)21-15-6-4-14(5-7-15)17-13-23-11-2-10-20-19(23)22-17/h2,4-7,10-11,13,16H,1,3,8-9,12H2,(H,21,24)/t16-/m0/s1. The number of anilines is 1. The van der Waals surface area contributed by atoms with E-state index in [2.05, 4.69) is 15.3 Å². The number of nitrogens with one attached hydrogen (secondary N) is 1. The zero-order chi connectivity index (χ0) is 17.1. The third kappa shape index (κ3) is 3.69. The topological polar surface area (TPSA) is 68.5 Å². The maximum atomic E-state index is 12.1. The van der Waals surface area contributed by atoms with Crippen LogP contribution in [0.2, 0.25) is 0 Å². The summed E-state index contributed by atoms with van der Waals surface area (Å²) in [5, 5.41) is 2.94. The lowest BCUT2D eigenvalue weighted by Crippen LogP contribution is -2.15. The molecule has 2 aromatic heterocycles. The number of carbonyl (C=O) groups excluding carboxylic acids is 1. The van der Waals surface area contributed by atoms with Gasteiger partial charge in [0.25, 0.3) is 0 Å². The Morgan fingerprint density at radius 3 is 2.96 bits per heavy atom. The second-order valence-electron chi connectivity index (χ2n) is 6.25. The summed E-state index contributed by atoms with van der Waals surface area (Å²) in [6, 6.07) is 9.58. The third-order valence-electron chi connectivity index (χ3n) is 4.42. The number of carbonyl (C=O) groups is 1. The summed E-state index contributed by atoms with van der Waals surface area (Å²) in [5.41, 5.74) is 2.64. The van der Waals surface area contributed by atoms with Gasteiger partial charge in [0.2, 0.25) is 11.7 Å². The predicted molar refractivity (Wildman–Crippen MR) is 95.3 cm³/mol. The first-order valence-corrected chi connectivity index (χ1v) is 8.59. The van der Waals surface area contributed by atoms with Crippen molar-refractivity contribution in [2.24, 2.45) is 0 Å². The number of nitrogens with zero attached hydrogens (tertiary/aromatic N) is 3. The molecule has 25 heavy (non-hydrogen) atoms. The lowest BCUT2D eigenvalue weighted by Gasteiger charge is -2.09. The number of imidazole rings is 1. The summed E-state index contributed by atoms with van der Waals surface area (Å²) in [5.74, 6) is 0.698. The molecule has 6 nitrogen and oxygen atoms in total. The Bertz CT molecular complexity index is 834. The highest BCUT2D eigenvalue weighted by Crippen LogP contribution is 2.21. The average molecular weight is 336 g/mol. The summed E-state index contributed by atoms with van der Waals surface area (Å²) in [4.78, 5) is 20.8. The number of aromatic nitrogens is 3. The molecule has 1 aliphatic heterocycles. The smallest absolute Gasteiger partial charge is 0.234 e. The summed E-state index contributed by atoms with van der Waals surface area (Å²) < 4.78 is 7.43. The van der Waals surface area contributed by atoms with E-state index in [1.807, 2.05) is 47.1 Å². The SMILES string of the molecule is O=C(CC[C@@H]1CCCO1)Nc1ccc(-c2cn3cccnc3n2)cc1. The van der Waals surface area contributed by atoms with Crippen molar-refractivity contribution in [2.45, 2.75) is 31.8 Å². The molecule has 4 rings (SSSR count). The summed E-state index contributed by atoms with van der Waals surface area (Å²) >= 11 is 0. The minimum absolute atomic E-state index is 0.0279. The van der Waals surface area contributed by atoms with Crippen LogP contribution in [0.25, 0.3) is 17.0 Å². The number of hydrogen-bond donors (Lipinski definition) is 1. The van der Waals surface area contributed by atoms with E-state index < -0.39 is 0 Å². The molecule has 1 fully saturated rings. The summed E-state index contributed by atoms with van der Waals surface area (Å²) in [6.07, 6.45) is 9.28. The minimum atomic E-state index is 0.0279. The van der Waals surface area contributed by atoms with Gasteiger partial charge in [0.15, 0.2) is 0 Å². The van der Waals surface area contributed by atoms with E-state index in [9.17, 15) is 4.79 Å². The Balaban J connectivity index is 1.38. The fourth-order valence-electron chi connectivity index (χ4n) is 3.08. The number of fused-ring (bicyclic) bond motifs is 1. The third-order valence-corrected chi connectivity index (χ3v) is 4.42. The van der Waals surface area contributed by atoms with Gasteiger partial charge in [-0.25, -0.2) is 9.97 Å². The fraction of sp³-hybridized carbons (Fsp3) is 0.316. The van der Waals surface area contributed by atoms with Gasteiger partial charge < -0.3 is 10.1 Å². The molecule has 1 N–H and O–H groups in total. The Morgan fingerprint density at radius 1 is 1.32 bits per heavy atom. The molecule has 1 saturated heterocycles. The van der Waals surface area contributed by atoms with Gasteiger partial charge in [-0.15, -0.1) is 0 Å². The second-order valence-corrected chi connectivity index (χ2v) is 6.25. The summed E-state index contributed by atoms with van der Waals surface area (Å²) in [7, 11) is 0. The molecular formula is C19H20N4O2. The van der Waals surface area contributed by atoms with E-state index >= 15 is 0 Å². The predicted octanol–water partition coefficient (Wildman–Crippen LogP) is 3.29. The molecule has 1 atom stereocenters. The van der Waals surface area contributed by atoms with Crippen LogP contribution >= 0.6 is 0 Å². The highest BCUT2D eigenvalue weighted by atomic mass is 16.5. The molecule has 3 aromatic rings. The molecule has 0 radical (unpaired) electrons. The fourth-order valence-corrected chi connectivity index (χ4v) is 3.08. The Hall–Kier alpha value is -2.73. The van der Waals surface area contributed by atoms with Gasteiger partial charge in [-0.1, -0.05) is 12.1 Å². The molecule has 3 heterocycles. The molecular weight excluding hydrogens is 316 g/mol. The monoisotopic (exact) mass is 336 g/mol. The van der Waals surface area contributed by atoms with Crippen molar-refractivity contribution < 1.29 is 9.53 Å². The van der Waals surface area contributed by atoms with Crippen molar-refractivity contribution >= 4 is 17.4 Å². The molecule has 1 amide bonds. The van der Waals surface area contributed by atoms with Crippen LogP contribution in [-0.2, 0) is 9.53 Å². The van der Waals surface area contributed by atoms with Crippen LogP contribution in [0.1, 0.15) is 25.7 Å². The Kier molecular flexibility index (Phi) is 4.43. The van der Waals surface area contributed by atoms with Gasteiger partial charge in [0.1, 0.15) is 0 Å². The van der Waals surface area contributed by atoms with Crippen LogP contribution in [0.15, 0.2) is 48.9 Å². The average Bonchev–Trinajstić information content (AvgIpc) is 3.30. The number of hydrogen-bond acceptors (Lipinski definition) is 4. The first kappa shape index (κ1) is 15.8. The van der Waals surface area contributed by atoms with Gasteiger partial charge in [-0.3, -0.25) is 9.20 Å². The van der Waals surface area contributed by atoms with Crippen LogP contribution in [0.5, 0.6) is 0 Å².